The highest BCUT2D eigenvalue weighted by atomic mass is 16.4. The Kier molecular flexibility index (Phi) is 19.9. The minimum absolute atomic E-state index is 0.168. The van der Waals surface area contributed by atoms with Gasteiger partial charge in [0.1, 0.15) is 0 Å². The first-order valence-electron chi connectivity index (χ1n) is 15.8. The van der Waals surface area contributed by atoms with Crippen molar-refractivity contribution in [2.75, 3.05) is 20.6 Å². The van der Waals surface area contributed by atoms with E-state index in [1.165, 1.54) is 135 Å². The third kappa shape index (κ3) is 19.2. The number of rotatable bonds is 26. The average molecular weight is 494 g/mol. The molecule has 4 unspecified atom stereocenters. The summed E-state index contributed by atoms with van der Waals surface area (Å²) in [5, 5.41) is 8.93. The molecule has 0 radical (unpaired) electrons. The molecular weight excluding hydrogens is 430 g/mol. The summed E-state index contributed by atoms with van der Waals surface area (Å²) in [5.41, 5.74) is 0. The lowest BCUT2D eigenvalue weighted by molar-refractivity contribution is -0.141. The fourth-order valence-corrected chi connectivity index (χ4v) is 5.95. The number of carboxylic acid groups (broad SMARTS) is 1. The quantitative estimate of drug-likeness (QED) is 0.122. The lowest BCUT2D eigenvalue weighted by Crippen LogP contribution is -2.21. The van der Waals surface area contributed by atoms with E-state index in [2.05, 4.69) is 25.9 Å². The summed E-state index contributed by atoms with van der Waals surface area (Å²) in [5.74, 6) is 2.17. The van der Waals surface area contributed by atoms with Gasteiger partial charge >= 0.3 is 5.97 Å². The lowest BCUT2D eigenvalue weighted by atomic mass is 9.94. The van der Waals surface area contributed by atoms with Crippen LogP contribution in [-0.4, -0.2) is 36.6 Å². The van der Waals surface area contributed by atoms with E-state index in [0.717, 1.165) is 30.6 Å². The molecule has 1 fully saturated rings. The molecular formula is C32H63NO2. The highest BCUT2D eigenvalue weighted by molar-refractivity contribution is 5.69. The number of hydrogen-bond donors (Lipinski definition) is 1. The van der Waals surface area contributed by atoms with Gasteiger partial charge in [-0.25, -0.2) is 0 Å². The number of carboxylic acids is 1. The monoisotopic (exact) mass is 493 g/mol. The van der Waals surface area contributed by atoms with Crippen LogP contribution >= 0.6 is 0 Å². The molecule has 1 aliphatic rings. The zero-order valence-corrected chi connectivity index (χ0v) is 24.4. The number of hydrogen-bond acceptors (Lipinski definition) is 2. The average Bonchev–Trinajstić information content (AvgIpc) is 3.57. The second kappa shape index (κ2) is 21.5. The van der Waals surface area contributed by atoms with Gasteiger partial charge in [0.05, 0.1) is 5.92 Å². The number of nitrogens with zero attached hydrogens (tertiary/aromatic N) is 1. The van der Waals surface area contributed by atoms with Crippen molar-refractivity contribution in [2.24, 2.45) is 23.7 Å². The van der Waals surface area contributed by atoms with Crippen LogP contribution in [0.1, 0.15) is 155 Å². The van der Waals surface area contributed by atoms with Crippen LogP contribution < -0.4 is 0 Å². The smallest absolute Gasteiger partial charge is 0.306 e. The third-order valence-electron chi connectivity index (χ3n) is 8.48. The normalized spacial score (nSPS) is 19.2. The molecule has 208 valence electrons. The first kappa shape index (κ1) is 32.5. The maximum Gasteiger partial charge on any atom is 0.306 e. The van der Waals surface area contributed by atoms with E-state index in [-0.39, 0.29) is 5.92 Å². The largest absolute Gasteiger partial charge is 0.481 e. The Labute approximate surface area is 220 Å². The number of unbranched alkanes of at least 4 members (excludes halogenated alkanes) is 13. The summed E-state index contributed by atoms with van der Waals surface area (Å²) >= 11 is 0. The Morgan fingerprint density at radius 3 is 1.60 bits per heavy atom. The molecule has 35 heavy (non-hydrogen) atoms. The first-order chi connectivity index (χ1) is 16.9. The molecule has 1 aliphatic carbocycles. The Hall–Kier alpha value is -0.570. The predicted octanol–water partition coefficient (Wildman–Crippen LogP) is 9.73. The van der Waals surface area contributed by atoms with Gasteiger partial charge in [-0.3, -0.25) is 4.79 Å². The van der Waals surface area contributed by atoms with Gasteiger partial charge in [0.15, 0.2) is 0 Å². The van der Waals surface area contributed by atoms with Crippen LogP contribution in [0.25, 0.3) is 0 Å². The third-order valence-corrected chi connectivity index (χ3v) is 8.48. The maximum atomic E-state index is 10.8. The van der Waals surface area contributed by atoms with E-state index in [1.54, 1.807) is 0 Å². The van der Waals surface area contributed by atoms with Crippen LogP contribution in [0.15, 0.2) is 0 Å². The van der Waals surface area contributed by atoms with Gasteiger partial charge in [-0.2, -0.15) is 0 Å². The van der Waals surface area contributed by atoms with Gasteiger partial charge in [0.25, 0.3) is 0 Å². The maximum absolute atomic E-state index is 10.8. The summed E-state index contributed by atoms with van der Waals surface area (Å²) in [4.78, 5) is 13.2. The second-order valence-electron chi connectivity index (χ2n) is 12.4. The Bertz CT molecular complexity index is 492. The van der Waals surface area contributed by atoms with Crippen molar-refractivity contribution in [3.8, 4) is 0 Å². The number of carbonyl (C=O) groups is 1. The zero-order chi connectivity index (χ0) is 25.7. The van der Waals surface area contributed by atoms with Crippen LogP contribution in [0.3, 0.4) is 0 Å². The van der Waals surface area contributed by atoms with E-state index in [9.17, 15) is 4.79 Å². The van der Waals surface area contributed by atoms with Gasteiger partial charge in [0.2, 0.25) is 0 Å². The van der Waals surface area contributed by atoms with Crippen molar-refractivity contribution < 1.29 is 9.90 Å². The van der Waals surface area contributed by atoms with Gasteiger partial charge in [0, 0.05) is 6.54 Å². The molecule has 0 bridgehead atoms. The minimum Gasteiger partial charge on any atom is -0.481 e. The molecule has 0 aromatic rings. The van der Waals surface area contributed by atoms with Crippen LogP contribution in [0, 0.1) is 23.7 Å². The fourth-order valence-electron chi connectivity index (χ4n) is 5.95. The molecule has 0 spiro atoms. The Balaban J connectivity index is 1.85. The topological polar surface area (TPSA) is 40.5 Å². The van der Waals surface area contributed by atoms with E-state index in [0.29, 0.717) is 0 Å². The summed E-state index contributed by atoms with van der Waals surface area (Å²) in [7, 11) is 4.47. The van der Waals surface area contributed by atoms with Crippen molar-refractivity contribution in [1.29, 1.82) is 0 Å². The first-order valence-corrected chi connectivity index (χ1v) is 15.8. The van der Waals surface area contributed by atoms with Crippen molar-refractivity contribution in [2.45, 2.75) is 155 Å². The molecule has 4 atom stereocenters. The van der Waals surface area contributed by atoms with E-state index >= 15 is 0 Å². The van der Waals surface area contributed by atoms with Crippen LogP contribution in [0.2, 0.25) is 0 Å². The van der Waals surface area contributed by atoms with E-state index in [4.69, 9.17) is 5.11 Å². The molecule has 0 aromatic heterocycles. The fraction of sp³-hybridized carbons (Fsp3) is 0.969. The molecule has 0 amide bonds. The lowest BCUT2D eigenvalue weighted by Gasteiger charge is -2.21. The molecule has 0 saturated heterocycles. The highest BCUT2D eigenvalue weighted by Gasteiger charge is 2.35. The van der Waals surface area contributed by atoms with Crippen molar-refractivity contribution in [3.63, 3.8) is 0 Å². The molecule has 1 rings (SSSR count). The summed E-state index contributed by atoms with van der Waals surface area (Å²) in [6, 6.07) is 0. The van der Waals surface area contributed by atoms with Crippen LogP contribution in [0.4, 0.5) is 0 Å². The number of aliphatic carboxylic acids is 1. The molecule has 0 aliphatic heterocycles. The highest BCUT2D eigenvalue weighted by Crippen LogP contribution is 2.45. The van der Waals surface area contributed by atoms with E-state index in [1.807, 2.05) is 6.92 Å². The Morgan fingerprint density at radius 2 is 1.14 bits per heavy atom. The summed E-state index contributed by atoms with van der Waals surface area (Å²) in [6.07, 6.45) is 30.3. The summed E-state index contributed by atoms with van der Waals surface area (Å²) in [6.45, 7) is 5.42. The van der Waals surface area contributed by atoms with Crippen molar-refractivity contribution in [1.82, 2.24) is 4.90 Å². The van der Waals surface area contributed by atoms with Gasteiger partial charge < -0.3 is 10.0 Å². The molecule has 1 N–H and O–H groups in total. The molecule has 0 aromatic carbocycles. The van der Waals surface area contributed by atoms with Gasteiger partial charge in [-0.1, -0.05) is 129 Å². The summed E-state index contributed by atoms with van der Waals surface area (Å²) < 4.78 is 0. The minimum atomic E-state index is -0.640. The molecule has 3 nitrogen and oxygen atoms in total. The predicted molar refractivity (Wildman–Crippen MR) is 153 cm³/mol. The van der Waals surface area contributed by atoms with Gasteiger partial charge in [-0.05, 0) is 57.5 Å². The van der Waals surface area contributed by atoms with Crippen LogP contribution in [0.5, 0.6) is 0 Å². The standard InChI is InChI=1S/C32H63NO2/c1-5-6-7-17-22-29(27-33(3)4)23-18-12-10-8-9-11-13-19-24-30-26-31(30)25-20-15-14-16-21-28(2)32(34)35/h28-31H,5-27H2,1-4H3,(H,34,35). The SMILES string of the molecule is CCCCCCC(CCCCCCCCCCC1CC1CCCCCCC(C)C(=O)O)CN(C)C. The molecule has 1 saturated carbocycles. The van der Waals surface area contributed by atoms with E-state index < -0.39 is 5.97 Å². The zero-order valence-electron chi connectivity index (χ0n) is 24.4. The van der Waals surface area contributed by atoms with Crippen LogP contribution in [-0.2, 0) is 4.79 Å². The Morgan fingerprint density at radius 1 is 0.714 bits per heavy atom. The molecule has 0 heterocycles. The second-order valence-corrected chi connectivity index (χ2v) is 12.4. The molecule has 3 heteroatoms. The van der Waals surface area contributed by atoms with Crippen molar-refractivity contribution >= 4 is 5.97 Å². The van der Waals surface area contributed by atoms with Crippen molar-refractivity contribution in [3.05, 3.63) is 0 Å². The van der Waals surface area contributed by atoms with Gasteiger partial charge in [-0.15, -0.1) is 0 Å².